The minimum absolute atomic E-state index is 0.0561. The van der Waals surface area contributed by atoms with Crippen molar-refractivity contribution in [2.45, 2.75) is 5.92 Å². The fourth-order valence-corrected chi connectivity index (χ4v) is 10.3. The molecule has 1 nitrogen and oxygen atoms in total. The first kappa shape index (κ1) is 28.1. The van der Waals surface area contributed by atoms with E-state index in [1.165, 1.54) is 84.3 Å². The van der Waals surface area contributed by atoms with Crippen molar-refractivity contribution in [2.24, 2.45) is 0 Å². The van der Waals surface area contributed by atoms with Crippen LogP contribution in [0.1, 0.15) is 22.6 Å². The Bertz CT molecular complexity index is 3100. The predicted octanol–water partition coefficient (Wildman–Crippen LogP) is 14.3. The predicted molar refractivity (Wildman–Crippen MR) is 216 cm³/mol. The molecule has 3 heterocycles. The number of benzene rings is 8. The second kappa shape index (κ2) is 10.9. The summed E-state index contributed by atoms with van der Waals surface area (Å²) in [4.78, 5) is 0. The van der Waals surface area contributed by atoms with E-state index in [9.17, 15) is 0 Å². The first-order valence-electron chi connectivity index (χ1n) is 17.0. The summed E-state index contributed by atoms with van der Waals surface area (Å²) >= 11 is 3.76. The zero-order valence-corrected chi connectivity index (χ0v) is 28.5. The van der Waals surface area contributed by atoms with Crippen LogP contribution in [0.3, 0.4) is 0 Å². The summed E-state index contributed by atoms with van der Waals surface area (Å²) in [7, 11) is 0. The van der Waals surface area contributed by atoms with E-state index in [1.54, 1.807) is 0 Å². The van der Waals surface area contributed by atoms with Crippen molar-refractivity contribution in [3.63, 3.8) is 0 Å². The SMILES string of the molecule is c1ccc(C(c2ccc3sc4cccc(-c5ccc6sc7ccccc7c6c5)c4c3c2)c2ccc3oc4ccc5ccccc5c4c3c2)cc1. The van der Waals surface area contributed by atoms with Crippen LogP contribution in [0.2, 0.25) is 0 Å². The van der Waals surface area contributed by atoms with Crippen molar-refractivity contribution in [3.8, 4) is 11.1 Å². The molecule has 0 aliphatic rings. The Kier molecular flexibility index (Phi) is 6.12. The lowest BCUT2D eigenvalue weighted by atomic mass is 9.84. The lowest BCUT2D eigenvalue weighted by Gasteiger charge is -2.19. The Morgan fingerprint density at radius 1 is 0.380 bits per heavy atom. The van der Waals surface area contributed by atoms with Gasteiger partial charge in [0, 0.05) is 57.0 Å². The number of rotatable bonds is 4. The molecule has 3 aromatic heterocycles. The van der Waals surface area contributed by atoms with Gasteiger partial charge in [0.1, 0.15) is 11.2 Å². The van der Waals surface area contributed by atoms with Gasteiger partial charge in [-0.3, -0.25) is 0 Å². The zero-order chi connectivity index (χ0) is 32.8. The van der Waals surface area contributed by atoms with Crippen molar-refractivity contribution >= 4 is 95.7 Å². The molecule has 0 saturated carbocycles. The van der Waals surface area contributed by atoms with Gasteiger partial charge in [-0.15, -0.1) is 22.7 Å². The largest absolute Gasteiger partial charge is 0.456 e. The number of furan rings is 1. The molecule has 1 unspecified atom stereocenters. The van der Waals surface area contributed by atoms with E-state index in [0.717, 1.165) is 16.6 Å². The highest BCUT2D eigenvalue weighted by molar-refractivity contribution is 7.26. The summed E-state index contributed by atoms with van der Waals surface area (Å²) in [6.45, 7) is 0. The van der Waals surface area contributed by atoms with Crippen LogP contribution in [0.25, 0.3) is 84.2 Å². The third kappa shape index (κ3) is 4.24. The lowest BCUT2D eigenvalue weighted by Crippen LogP contribution is -2.03. The van der Waals surface area contributed by atoms with Gasteiger partial charge in [0.2, 0.25) is 0 Å². The highest BCUT2D eigenvalue weighted by Crippen LogP contribution is 2.45. The van der Waals surface area contributed by atoms with E-state index in [4.69, 9.17) is 4.42 Å². The molecule has 8 aromatic carbocycles. The quantitative estimate of drug-likeness (QED) is 0.170. The average molecular weight is 673 g/mol. The first-order chi connectivity index (χ1) is 24.8. The molecule has 0 fully saturated rings. The van der Waals surface area contributed by atoms with E-state index in [0.29, 0.717) is 0 Å². The van der Waals surface area contributed by atoms with Gasteiger partial charge in [-0.2, -0.15) is 0 Å². The van der Waals surface area contributed by atoms with E-state index in [-0.39, 0.29) is 5.92 Å². The molecule has 0 amide bonds. The van der Waals surface area contributed by atoms with Crippen molar-refractivity contribution in [1.29, 1.82) is 0 Å². The van der Waals surface area contributed by atoms with Crippen LogP contribution in [0.15, 0.2) is 168 Å². The van der Waals surface area contributed by atoms with Crippen LogP contribution in [0, 0.1) is 0 Å². The Balaban J connectivity index is 1.13. The normalized spacial score (nSPS) is 12.7. The van der Waals surface area contributed by atoms with Crippen LogP contribution >= 0.6 is 22.7 Å². The first-order valence-corrected chi connectivity index (χ1v) is 18.7. The smallest absolute Gasteiger partial charge is 0.136 e. The Labute approximate surface area is 296 Å². The molecule has 11 rings (SSSR count). The molecule has 1 atom stereocenters. The molecule has 11 aromatic rings. The van der Waals surface area contributed by atoms with E-state index in [2.05, 4.69) is 164 Å². The molecule has 0 saturated heterocycles. The number of fused-ring (bicyclic) bond motifs is 11. The molecule has 0 radical (unpaired) electrons. The highest BCUT2D eigenvalue weighted by Gasteiger charge is 2.21. The number of hydrogen-bond donors (Lipinski definition) is 0. The minimum Gasteiger partial charge on any atom is -0.456 e. The van der Waals surface area contributed by atoms with Crippen molar-refractivity contribution in [2.75, 3.05) is 0 Å². The summed E-state index contributed by atoms with van der Waals surface area (Å²) in [5, 5.41) is 10.1. The van der Waals surface area contributed by atoms with E-state index < -0.39 is 0 Å². The van der Waals surface area contributed by atoms with Gasteiger partial charge in [0.25, 0.3) is 0 Å². The minimum atomic E-state index is 0.0561. The maximum atomic E-state index is 6.40. The van der Waals surface area contributed by atoms with Crippen LogP contribution in [-0.4, -0.2) is 0 Å². The summed E-state index contributed by atoms with van der Waals surface area (Å²) in [6.07, 6.45) is 0. The molecule has 50 heavy (non-hydrogen) atoms. The third-order valence-corrected chi connectivity index (χ3v) is 12.7. The van der Waals surface area contributed by atoms with Gasteiger partial charge in [-0.1, -0.05) is 109 Å². The van der Waals surface area contributed by atoms with Crippen molar-refractivity contribution < 1.29 is 4.42 Å². The molecule has 0 bridgehead atoms. The second-order valence-corrected chi connectivity index (χ2v) is 15.4. The third-order valence-electron chi connectivity index (χ3n) is 10.4. The summed E-state index contributed by atoms with van der Waals surface area (Å²) in [6, 6.07) is 60.3. The highest BCUT2D eigenvalue weighted by atomic mass is 32.1. The lowest BCUT2D eigenvalue weighted by molar-refractivity contribution is 0.669. The van der Waals surface area contributed by atoms with Crippen molar-refractivity contribution in [3.05, 3.63) is 180 Å². The van der Waals surface area contributed by atoms with Gasteiger partial charge in [-0.05, 0) is 93.2 Å². The van der Waals surface area contributed by atoms with E-state index in [1.807, 2.05) is 22.7 Å². The van der Waals surface area contributed by atoms with Crippen molar-refractivity contribution in [1.82, 2.24) is 0 Å². The molecule has 0 aliphatic heterocycles. The Hall–Kier alpha value is -5.74. The topological polar surface area (TPSA) is 13.1 Å². The molecule has 234 valence electrons. The molecular weight excluding hydrogens is 645 g/mol. The second-order valence-electron chi connectivity index (χ2n) is 13.2. The molecule has 3 heteroatoms. The maximum Gasteiger partial charge on any atom is 0.136 e. The average Bonchev–Trinajstić information content (AvgIpc) is 3.86. The van der Waals surface area contributed by atoms with Gasteiger partial charge < -0.3 is 4.42 Å². The Morgan fingerprint density at radius 3 is 1.98 bits per heavy atom. The molecule has 0 aliphatic carbocycles. The fraction of sp³-hybridized carbons (Fsp3) is 0.0213. The Morgan fingerprint density at radius 2 is 1.06 bits per heavy atom. The van der Waals surface area contributed by atoms with Gasteiger partial charge >= 0.3 is 0 Å². The summed E-state index contributed by atoms with van der Waals surface area (Å²) < 4.78 is 11.7. The molecule has 0 spiro atoms. The van der Waals surface area contributed by atoms with Gasteiger partial charge in [0.15, 0.2) is 0 Å². The summed E-state index contributed by atoms with van der Waals surface area (Å²) in [5.74, 6) is 0.0561. The van der Waals surface area contributed by atoms with Crippen LogP contribution in [0.5, 0.6) is 0 Å². The summed E-state index contributed by atoms with van der Waals surface area (Å²) in [5.41, 5.74) is 8.23. The molecular formula is C47H28OS2. The van der Waals surface area contributed by atoms with E-state index >= 15 is 0 Å². The fourth-order valence-electron chi connectivity index (χ4n) is 8.13. The van der Waals surface area contributed by atoms with Crippen LogP contribution in [0.4, 0.5) is 0 Å². The van der Waals surface area contributed by atoms with Gasteiger partial charge in [-0.25, -0.2) is 0 Å². The van der Waals surface area contributed by atoms with Gasteiger partial charge in [0.05, 0.1) is 0 Å². The molecule has 0 N–H and O–H groups in total. The van der Waals surface area contributed by atoms with Crippen LogP contribution in [-0.2, 0) is 0 Å². The van der Waals surface area contributed by atoms with Crippen LogP contribution < -0.4 is 0 Å². The number of hydrogen-bond acceptors (Lipinski definition) is 3. The standard InChI is InChI=1S/C47H28OS2/c1-2-10-29(11-3-1)45(31-18-21-39-37(26-31)46-33-12-5-4-9-28(33)17-22-40(46)48-39)32-20-24-43-38(27-32)47-34(14-8-16-44(47)50-43)30-19-23-42-36(25-30)35-13-6-7-15-41(35)49-42/h1-27,45H. The zero-order valence-electron chi connectivity index (χ0n) is 26.9. The monoisotopic (exact) mass is 672 g/mol. The number of thiophene rings is 2. The maximum absolute atomic E-state index is 6.40.